The Bertz CT molecular complexity index is 354. The van der Waals surface area contributed by atoms with Crippen LogP contribution in [-0.2, 0) is 0 Å². The number of rotatable bonds is 2. The first-order valence-corrected chi connectivity index (χ1v) is 7.06. The Balaban J connectivity index is 2.00. The molecule has 2 N–H and O–H groups in total. The first-order chi connectivity index (χ1) is 7.65. The molecule has 0 aliphatic heterocycles. The molecule has 0 atom stereocenters. The summed E-state index contributed by atoms with van der Waals surface area (Å²) in [5, 5.41) is 0.778. The molecular formula is C14H21NS. The van der Waals surface area contributed by atoms with Gasteiger partial charge in [0, 0.05) is 15.8 Å². The van der Waals surface area contributed by atoms with E-state index in [4.69, 9.17) is 5.73 Å². The van der Waals surface area contributed by atoms with Crippen LogP contribution in [-0.4, -0.2) is 5.25 Å². The van der Waals surface area contributed by atoms with Crippen LogP contribution in [0.3, 0.4) is 0 Å². The van der Waals surface area contributed by atoms with Crippen molar-refractivity contribution in [3.05, 3.63) is 23.8 Å². The van der Waals surface area contributed by atoms with Crippen molar-refractivity contribution in [3.8, 4) is 0 Å². The standard InChI is InChI=1S/C14H21NS/c1-10-3-6-12(7-4-10)16-14-9-11(2)5-8-13(14)15/h5,8-10,12H,3-4,6-7,15H2,1-2H3. The third-order valence-electron chi connectivity index (χ3n) is 3.43. The lowest BCUT2D eigenvalue weighted by Crippen LogP contribution is -2.14. The number of hydrogen-bond acceptors (Lipinski definition) is 2. The maximum absolute atomic E-state index is 6.01. The molecule has 1 aliphatic carbocycles. The Morgan fingerprint density at radius 1 is 1.19 bits per heavy atom. The van der Waals surface area contributed by atoms with Crippen LogP contribution in [0.2, 0.25) is 0 Å². The summed E-state index contributed by atoms with van der Waals surface area (Å²) in [5.41, 5.74) is 8.26. The van der Waals surface area contributed by atoms with Gasteiger partial charge in [-0.05, 0) is 56.2 Å². The molecule has 1 nitrogen and oxygen atoms in total. The largest absolute Gasteiger partial charge is 0.398 e. The molecule has 0 heterocycles. The van der Waals surface area contributed by atoms with Crippen LogP contribution in [0.1, 0.15) is 38.2 Å². The van der Waals surface area contributed by atoms with Crippen molar-refractivity contribution in [2.75, 3.05) is 5.73 Å². The number of nitrogen functional groups attached to an aromatic ring is 1. The summed E-state index contributed by atoms with van der Waals surface area (Å²) in [6, 6.07) is 6.34. The first-order valence-electron chi connectivity index (χ1n) is 6.18. The van der Waals surface area contributed by atoms with Gasteiger partial charge < -0.3 is 5.73 Å². The zero-order valence-electron chi connectivity index (χ0n) is 10.2. The van der Waals surface area contributed by atoms with Crippen molar-refractivity contribution in [3.63, 3.8) is 0 Å². The van der Waals surface area contributed by atoms with Crippen LogP contribution in [0.5, 0.6) is 0 Å². The lowest BCUT2D eigenvalue weighted by atomic mass is 9.91. The minimum Gasteiger partial charge on any atom is -0.398 e. The minimum atomic E-state index is 0.778. The summed E-state index contributed by atoms with van der Waals surface area (Å²) in [6.45, 7) is 4.49. The van der Waals surface area contributed by atoms with E-state index in [0.29, 0.717) is 0 Å². The Morgan fingerprint density at radius 2 is 1.88 bits per heavy atom. The quantitative estimate of drug-likeness (QED) is 0.776. The van der Waals surface area contributed by atoms with Gasteiger partial charge in [0.1, 0.15) is 0 Å². The van der Waals surface area contributed by atoms with E-state index in [1.807, 2.05) is 17.8 Å². The average molecular weight is 235 g/mol. The Labute approximate surface area is 103 Å². The minimum absolute atomic E-state index is 0.778. The van der Waals surface area contributed by atoms with Crippen LogP contribution < -0.4 is 5.73 Å². The van der Waals surface area contributed by atoms with Crippen molar-refractivity contribution in [2.45, 2.75) is 49.7 Å². The molecule has 0 amide bonds. The van der Waals surface area contributed by atoms with E-state index < -0.39 is 0 Å². The maximum atomic E-state index is 6.01. The average Bonchev–Trinajstić information content (AvgIpc) is 2.27. The molecule has 0 unspecified atom stereocenters. The van der Waals surface area contributed by atoms with Crippen LogP contribution in [0.25, 0.3) is 0 Å². The molecule has 1 aliphatic rings. The highest BCUT2D eigenvalue weighted by Crippen LogP contribution is 2.38. The monoisotopic (exact) mass is 235 g/mol. The first kappa shape index (κ1) is 11.8. The Hall–Kier alpha value is -0.630. The number of thioether (sulfide) groups is 1. The lowest BCUT2D eigenvalue weighted by Gasteiger charge is -2.26. The van der Waals surface area contributed by atoms with E-state index >= 15 is 0 Å². The third-order valence-corrected chi connectivity index (χ3v) is 4.84. The summed E-state index contributed by atoms with van der Waals surface area (Å²) >= 11 is 1.98. The van der Waals surface area contributed by atoms with Crippen molar-refractivity contribution >= 4 is 17.4 Å². The highest BCUT2D eigenvalue weighted by atomic mass is 32.2. The maximum Gasteiger partial charge on any atom is 0.0452 e. The Kier molecular flexibility index (Phi) is 3.80. The fraction of sp³-hybridized carbons (Fsp3) is 0.571. The van der Waals surface area contributed by atoms with Crippen molar-refractivity contribution in [2.24, 2.45) is 5.92 Å². The van der Waals surface area contributed by atoms with E-state index in [9.17, 15) is 0 Å². The van der Waals surface area contributed by atoms with Gasteiger partial charge in [0.25, 0.3) is 0 Å². The van der Waals surface area contributed by atoms with Crippen molar-refractivity contribution < 1.29 is 0 Å². The smallest absolute Gasteiger partial charge is 0.0452 e. The molecule has 0 aromatic heterocycles. The fourth-order valence-corrected chi connectivity index (χ4v) is 3.60. The molecule has 1 aromatic carbocycles. The van der Waals surface area contributed by atoms with Gasteiger partial charge in [0.05, 0.1) is 0 Å². The lowest BCUT2D eigenvalue weighted by molar-refractivity contribution is 0.393. The zero-order valence-corrected chi connectivity index (χ0v) is 11.0. The number of anilines is 1. The summed E-state index contributed by atoms with van der Waals surface area (Å²) in [6.07, 6.45) is 5.45. The molecule has 0 bridgehead atoms. The predicted molar refractivity (Wildman–Crippen MR) is 72.9 cm³/mol. The van der Waals surface area contributed by atoms with E-state index in [2.05, 4.69) is 26.0 Å². The SMILES string of the molecule is Cc1ccc(N)c(SC2CCC(C)CC2)c1. The fourth-order valence-electron chi connectivity index (χ4n) is 2.27. The van der Waals surface area contributed by atoms with Gasteiger partial charge in [0.2, 0.25) is 0 Å². The number of nitrogens with two attached hydrogens (primary N) is 1. The normalized spacial score (nSPS) is 25.6. The summed E-state index contributed by atoms with van der Waals surface area (Å²) in [4.78, 5) is 1.28. The van der Waals surface area contributed by atoms with E-state index in [1.165, 1.54) is 36.1 Å². The molecule has 1 fully saturated rings. The molecule has 0 radical (unpaired) electrons. The molecule has 0 saturated heterocycles. The number of aryl methyl sites for hydroxylation is 1. The van der Waals surface area contributed by atoms with Crippen LogP contribution in [0.4, 0.5) is 5.69 Å². The van der Waals surface area contributed by atoms with Crippen LogP contribution in [0, 0.1) is 12.8 Å². The predicted octanol–water partition coefficient (Wildman–Crippen LogP) is 4.25. The van der Waals surface area contributed by atoms with Gasteiger partial charge in [-0.25, -0.2) is 0 Å². The van der Waals surface area contributed by atoms with Gasteiger partial charge in [-0.1, -0.05) is 13.0 Å². The van der Waals surface area contributed by atoms with Crippen LogP contribution in [0.15, 0.2) is 23.1 Å². The second-order valence-electron chi connectivity index (χ2n) is 5.04. The van der Waals surface area contributed by atoms with E-state index in [0.717, 1.165) is 16.9 Å². The zero-order chi connectivity index (χ0) is 11.5. The third kappa shape index (κ3) is 2.94. The molecule has 1 aromatic rings. The summed E-state index contributed by atoms with van der Waals surface area (Å²) < 4.78 is 0. The van der Waals surface area contributed by atoms with E-state index in [-0.39, 0.29) is 0 Å². The molecule has 2 rings (SSSR count). The van der Waals surface area contributed by atoms with Crippen LogP contribution >= 0.6 is 11.8 Å². The molecule has 0 spiro atoms. The van der Waals surface area contributed by atoms with Gasteiger partial charge >= 0.3 is 0 Å². The number of hydrogen-bond donors (Lipinski definition) is 1. The number of benzene rings is 1. The van der Waals surface area contributed by atoms with Gasteiger partial charge in [0.15, 0.2) is 0 Å². The topological polar surface area (TPSA) is 26.0 Å². The van der Waals surface area contributed by atoms with Crippen molar-refractivity contribution in [1.82, 2.24) is 0 Å². The van der Waals surface area contributed by atoms with Gasteiger partial charge in [-0.3, -0.25) is 0 Å². The van der Waals surface area contributed by atoms with Crippen molar-refractivity contribution in [1.29, 1.82) is 0 Å². The molecule has 88 valence electrons. The highest BCUT2D eigenvalue weighted by molar-refractivity contribution is 8.00. The Morgan fingerprint density at radius 3 is 2.56 bits per heavy atom. The van der Waals surface area contributed by atoms with Gasteiger partial charge in [-0.2, -0.15) is 0 Å². The van der Waals surface area contributed by atoms with E-state index in [1.54, 1.807) is 0 Å². The molecule has 2 heteroatoms. The highest BCUT2D eigenvalue weighted by Gasteiger charge is 2.19. The molecular weight excluding hydrogens is 214 g/mol. The summed E-state index contributed by atoms with van der Waals surface area (Å²) in [5.74, 6) is 0.923. The molecule has 1 saturated carbocycles. The second-order valence-corrected chi connectivity index (χ2v) is 6.38. The molecule has 16 heavy (non-hydrogen) atoms. The van der Waals surface area contributed by atoms with Gasteiger partial charge in [-0.15, -0.1) is 11.8 Å². The second kappa shape index (κ2) is 5.13. The summed E-state index contributed by atoms with van der Waals surface area (Å²) in [7, 11) is 0.